The molecule has 0 bridgehead atoms. The average molecular weight is 276 g/mol. The number of rotatable bonds is 1. The summed E-state index contributed by atoms with van der Waals surface area (Å²) < 4.78 is 5.53. The van der Waals surface area contributed by atoms with Gasteiger partial charge in [0.05, 0.1) is 5.69 Å². The second kappa shape index (κ2) is 4.81. The highest BCUT2D eigenvalue weighted by molar-refractivity contribution is 6.02. The topological polar surface area (TPSA) is 58.6 Å². The number of nitrogens with one attached hydrogen (secondary N) is 1. The molecule has 20 heavy (non-hydrogen) atoms. The van der Waals surface area contributed by atoms with Crippen molar-refractivity contribution in [1.29, 1.82) is 0 Å². The molecule has 1 unspecified atom stereocenters. The van der Waals surface area contributed by atoms with Gasteiger partial charge < -0.3 is 15.0 Å². The van der Waals surface area contributed by atoms with Gasteiger partial charge in [-0.05, 0) is 45.9 Å². The fraction of sp³-hybridized carbons (Fsp3) is 0.467. The smallest absolute Gasteiger partial charge is 0.267 e. The monoisotopic (exact) mass is 276 g/mol. The SMILES string of the molecule is CC1Oc2ccc(C(=O)NC(C)(C)C)cc2N(C)C1=O. The van der Waals surface area contributed by atoms with Crippen LogP contribution in [0.4, 0.5) is 5.69 Å². The largest absolute Gasteiger partial charge is 0.479 e. The quantitative estimate of drug-likeness (QED) is 0.853. The molecule has 5 heteroatoms. The molecule has 2 rings (SSSR count). The van der Waals surface area contributed by atoms with Gasteiger partial charge in [0.1, 0.15) is 5.75 Å². The van der Waals surface area contributed by atoms with E-state index in [1.54, 1.807) is 32.2 Å². The van der Waals surface area contributed by atoms with Crippen LogP contribution in [-0.2, 0) is 4.79 Å². The molecule has 1 atom stereocenters. The summed E-state index contributed by atoms with van der Waals surface area (Å²) in [6.45, 7) is 7.47. The summed E-state index contributed by atoms with van der Waals surface area (Å²) >= 11 is 0. The highest BCUT2D eigenvalue weighted by Crippen LogP contribution is 2.33. The molecule has 1 aromatic carbocycles. The van der Waals surface area contributed by atoms with Crippen LogP contribution in [0.5, 0.6) is 5.75 Å². The maximum Gasteiger partial charge on any atom is 0.267 e. The Morgan fingerprint density at radius 2 is 2.00 bits per heavy atom. The van der Waals surface area contributed by atoms with Crippen LogP contribution in [0.3, 0.4) is 0 Å². The zero-order valence-electron chi connectivity index (χ0n) is 12.5. The summed E-state index contributed by atoms with van der Waals surface area (Å²) in [5, 5.41) is 2.89. The first-order valence-corrected chi connectivity index (χ1v) is 6.60. The van der Waals surface area contributed by atoms with Crippen LogP contribution in [0.25, 0.3) is 0 Å². The Morgan fingerprint density at radius 3 is 2.60 bits per heavy atom. The van der Waals surface area contributed by atoms with Crippen molar-refractivity contribution in [2.45, 2.75) is 39.3 Å². The fourth-order valence-electron chi connectivity index (χ4n) is 2.07. The van der Waals surface area contributed by atoms with E-state index in [1.807, 2.05) is 20.8 Å². The van der Waals surface area contributed by atoms with Crippen LogP contribution in [0.15, 0.2) is 18.2 Å². The number of hydrogen-bond acceptors (Lipinski definition) is 3. The molecule has 0 saturated carbocycles. The Kier molecular flexibility index (Phi) is 3.46. The molecule has 1 aliphatic heterocycles. The van der Waals surface area contributed by atoms with Crippen molar-refractivity contribution >= 4 is 17.5 Å². The molecule has 1 N–H and O–H groups in total. The third-order valence-electron chi connectivity index (χ3n) is 3.05. The third-order valence-corrected chi connectivity index (χ3v) is 3.05. The van der Waals surface area contributed by atoms with Gasteiger partial charge in [-0.1, -0.05) is 0 Å². The third kappa shape index (κ3) is 2.76. The minimum Gasteiger partial charge on any atom is -0.479 e. The molecular weight excluding hydrogens is 256 g/mol. The van der Waals surface area contributed by atoms with E-state index in [9.17, 15) is 9.59 Å². The first-order valence-electron chi connectivity index (χ1n) is 6.60. The fourth-order valence-corrected chi connectivity index (χ4v) is 2.07. The van der Waals surface area contributed by atoms with E-state index in [1.165, 1.54) is 4.90 Å². The molecule has 1 heterocycles. The normalized spacial score (nSPS) is 18.4. The highest BCUT2D eigenvalue weighted by atomic mass is 16.5. The van der Waals surface area contributed by atoms with Crippen molar-refractivity contribution in [3.63, 3.8) is 0 Å². The lowest BCUT2D eigenvalue weighted by Gasteiger charge is -2.30. The van der Waals surface area contributed by atoms with Crippen LogP contribution in [0.2, 0.25) is 0 Å². The number of benzene rings is 1. The van der Waals surface area contributed by atoms with Crippen LogP contribution >= 0.6 is 0 Å². The number of nitrogens with zero attached hydrogens (tertiary/aromatic N) is 1. The first kappa shape index (κ1) is 14.4. The van der Waals surface area contributed by atoms with Crippen molar-refractivity contribution in [2.75, 3.05) is 11.9 Å². The molecule has 2 amide bonds. The lowest BCUT2D eigenvalue weighted by molar-refractivity contribution is -0.125. The van der Waals surface area contributed by atoms with Gasteiger partial charge in [0.2, 0.25) is 0 Å². The van der Waals surface area contributed by atoms with Crippen LogP contribution in [0.1, 0.15) is 38.1 Å². The van der Waals surface area contributed by atoms with E-state index in [2.05, 4.69) is 5.32 Å². The van der Waals surface area contributed by atoms with Gasteiger partial charge >= 0.3 is 0 Å². The number of carbonyl (C=O) groups excluding carboxylic acids is 2. The molecule has 0 saturated heterocycles. The minimum absolute atomic E-state index is 0.120. The second-order valence-corrected chi connectivity index (χ2v) is 6.04. The number of amides is 2. The Balaban J connectivity index is 2.33. The molecular formula is C15H20N2O3. The molecule has 5 nitrogen and oxygen atoms in total. The van der Waals surface area contributed by atoms with E-state index < -0.39 is 6.10 Å². The number of likely N-dealkylation sites (N-methyl/N-ethyl adjacent to an activating group) is 1. The minimum atomic E-state index is -0.498. The van der Waals surface area contributed by atoms with E-state index in [4.69, 9.17) is 4.74 Å². The second-order valence-electron chi connectivity index (χ2n) is 6.04. The van der Waals surface area contributed by atoms with Crippen molar-refractivity contribution in [3.8, 4) is 5.75 Å². The summed E-state index contributed by atoms with van der Waals surface area (Å²) in [7, 11) is 1.69. The predicted molar refractivity (Wildman–Crippen MR) is 77.2 cm³/mol. The zero-order chi connectivity index (χ0) is 15.1. The number of hydrogen-bond donors (Lipinski definition) is 1. The molecule has 0 radical (unpaired) electrons. The number of fused-ring (bicyclic) bond motifs is 1. The Morgan fingerprint density at radius 1 is 1.35 bits per heavy atom. The van der Waals surface area contributed by atoms with Crippen molar-refractivity contribution < 1.29 is 14.3 Å². The first-order chi connectivity index (χ1) is 9.19. The molecule has 0 aliphatic carbocycles. The Bertz CT molecular complexity index is 561. The average Bonchev–Trinajstić information content (AvgIpc) is 2.34. The van der Waals surface area contributed by atoms with Gasteiger partial charge in [-0.25, -0.2) is 0 Å². The van der Waals surface area contributed by atoms with E-state index in [0.29, 0.717) is 17.0 Å². The maximum absolute atomic E-state index is 12.1. The van der Waals surface area contributed by atoms with Gasteiger partial charge in [-0.3, -0.25) is 9.59 Å². The summed E-state index contributed by atoms with van der Waals surface area (Å²) in [6, 6.07) is 5.11. The van der Waals surface area contributed by atoms with Crippen LogP contribution < -0.4 is 15.0 Å². The van der Waals surface area contributed by atoms with Gasteiger partial charge in [0.15, 0.2) is 6.10 Å². The van der Waals surface area contributed by atoms with Crippen LogP contribution in [-0.4, -0.2) is 30.5 Å². The molecule has 1 aromatic rings. The standard InChI is InChI=1S/C15H20N2O3/c1-9-14(19)17(5)11-8-10(6-7-12(11)20-9)13(18)16-15(2,3)4/h6-9H,1-5H3,(H,16,18). The number of anilines is 1. The molecule has 0 fully saturated rings. The van der Waals surface area contributed by atoms with Crippen molar-refractivity contribution in [1.82, 2.24) is 5.32 Å². The summed E-state index contributed by atoms with van der Waals surface area (Å²) in [5.74, 6) is 0.331. The van der Waals surface area contributed by atoms with Crippen molar-refractivity contribution in [3.05, 3.63) is 23.8 Å². The Labute approximate surface area is 118 Å². The number of carbonyl (C=O) groups is 2. The molecule has 0 aromatic heterocycles. The summed E-state index contributed by atoms with van der Waals surface area (Å²) in [5.41, 5.74) is 0.825. The molecule has 1 aliphatic rings. The van der Waals surface area contributed by atoms with Crippen LogP contribution in [0, 0.1) is 0 Å². The number of ether oxygens (including phenoxy) is 1. The van der Waals surface area contributed by atoms with Gasteiger partial charge in [0, 0.05) is 18.2 Å². The lowest BCUT2D eigenvalue weighted by atomic mass is 10.1. The maximum atomic E-state index is 12.1. The predicted octanol–water partition coefficient (Wildman–Crippen LogP) is 1.96. The highest BCUT2D eigenvalue weighted by Gasteiger charge is 2.29. The van der Waals surface area contributed by atoms with E-state index in [0.717, 1.165) is 0 Å². The van der Waals surface area contributed by atoms with Gasteiger partial charge in [0.25, 0.3) is 11.8 Å². The molecule has 108 valence electrons. The zero-order valence-corrected chi connectivity index (χ0v) is 12.5. The Hall–Kier alpha value is -2.04. The lowest BCUT2D eigenvalue weighted by Crippen LogP contribution is -2.43. The van der Waals surface area contributed by atoms with Crippen molar-refractivity contribution in [2.24, 2.45) is 0 Å². The van der Waals surface area contributed by atoms with E-state index >= 15 is 0 Å². The van der Waals surface area contributed by atoms with Gasteiger partial charge in [-0.2, -0.15) is 0 Å². The van der Waals surface area contributed by atoms with Gasteiger partial charge in [-0.15, -0.1) is 0 Å². The summed E-state index contributed by atoms with van der Waals surface area (Å²) in [6.07, 6.45) is -0.498. The molecule has 0 spiro atoms. The summed E-state index contributed by atoms with van der Waals surface area (Å²) in [4.78, 5) is 25.6. The van der Waals surface area contributed by atoms with E-state index in [-0.39, 0.29) is 17.4 Å².